The highest BCUT2D eigenvalue weighted by Crippen LogP contribution is 2.24. The summed E-state index contributed by atoms with van der Waals surface area (Å²) in [5.74, 6) is 0.272. The van der Waals surface area contributed by atoms with Crippen molar-refractivity contribution in [2.45, 2.75) is 71.9 Å². The maximum Gasteiger partial charge on any atom is 0.242 e. The van der Waals surface area contributed by atoms with Gasteiger partial charge in [-0.2, -0.15) is 0 Å². The Labute approximate surface area is 202 Å². The van der Waals surface area contributed by atoms with Gasteiger partial charge in [-0.25, -0.2) is 0 Å². The molecule has 0 unspecified atom stereocenters. The van der Waals surface area contributed by atoms with Gasteiger partial charge in [-0.15, -0.1) is 0 Å². The average Bonchev–Trinajstić information content (AvgIpc) is 2.77. The van der Waals surface area contributed by atoms with E-state index in [1.54, 1.807) is 17.0 Å². The van der Waals surface area contributed by atoms with Gasteiger partial charge in [0.15, 0.2) is 0 Å². The van der Waals surface area contributed by atoms with Gasteiger partial charge in [-0.1, -0.05) is 81.2 Å². The van der Waals surface area contributed by atoms with E-state index in [1.807, 2.05) is 19.9 Å². The highest BCUT2D eigenvalue weighted by atomic mass is 35.5. The molecule has 0 heterocycles. The van der Waals surface area contributed by atoms with Crippen LogP contribution in [0.1, 0.15) is 69.6 Å². The number of carbonyl (C=O) groups is 2. The zero-order chi connectivity index (χ0) is 23.7. The molecule has 174 valence electrons. The predicted molar refractivity (Wildman–Crippen MR) is 133 cm³/mol. The lowest BCUT2D eigenvalue weighted by Gasteiger charge is -2.31. The molecule has 0 aliphatic rings. The van der Waals surface area contributed by atoms with Crippen molar-refractivity contribution in [1.82, 2.24) is 10.2 Å². The molecule has 0 saturated heterocycles. The minimum atomic E-state index is -0.552. The van der Waals surface area contributed by atoms with Crippen molar-refractivity contribution in [3.8, 4) is 0 Å². The van der Waals surface area contributed by atoms with Gasteiger partial charge in [0.25, 0.3) is 0 Å². The second kappa shape index (κ2) is 12.9. The normalized spacial score (nSPS) is 12.0. The van der Waals surface area contributed by atoms with E-state index in [9.17, 15) is 9.59 Å². The third-order valence-electron chi connectivity index (χ3n) is 5.56. The molecule has 2 rings (SSSR count). The predicted octanol–water partition coefficient (Wildman–Crippen LogP) is 6.38. The van der Waals surface area contributed by atoms with E-state index in [2.05, 4.69) is 43.4 Å². The molecular weight excluding hydrogens is 443 g/mol. The van der Waals surface area contributed by atoms with Crippen LogP contribution in [0, 0.1) is 0 Å². The van der Waals surface area contributed by atoms with Crippen LogP contribution in [-0.4, -0.2) is 29.3 Å². The molecule has 0 radical (unpaired) electrons. The fourth-order valence-corrected chi connectivity index (χ4v) is 4.05. The number of halogens is 2. The Balaban J connectivity index is 2.21. The number of hydrogen-bond acceptors (Lipinski definition) is 2. The fourth-order valence-electron chi connectivity index (χ4n) is 3.58. The fraction of sp³-hybridized carbons (Fsp3) is 0.462. The summed E-state index contributed by atoms with van der Waals surface area (Å²) in [5.41, 5.74) is 3.15. The van der Waals surface area contributed by atoms with Crippen LogP contribution in [0.3, 0.4) is 0 Å². The summed E-state index contributed by atoms with van der Waals surface area (Å²) < 4.78 is 0. The lowest BCUT2D eigenvalue weighted by molar-refractivity contribution is -0.141. The smallest absolute Gasteiger partial charge is 0.242 e. The molecular formula is C26H34Cl2N2O2. The minimum absolute atomic E-state index is 0.0672. The standard InChI is InChI=1S/C26H34Cl2N2O2/c1-5-15-29-26(32)24(6-2)30(17-21-12-13-22(27)16-23(21)28)25(31)14-9-19-7-10-20(11-8-19)18(3)4/h7-8,10-13,16,18,24H,5-6,9,14-15,17H2,1-4H3,(H,29,32)/t24-/m0/s1. The third kappa shape index (κ3) is 7.53. The van der Waals surface area contributed by atoms with Gasteiger partial charge < -0.3 is 10.2 Å². The van der Waals surface area contributed by atoms with Crippen LogP contribution in [0.25, 0.3) is 0 Å². The van der Waals surface area contributed by atoms with Crippen LogP contribution in [-0.2, 0) is 22.6 Å². The Morgan fingerprint density at radius 2 is 1.72 bits per heavy atom. The monoisotopic (exact) mass is 476 g/mol. The second-order valence-corrected chi connectivity index (χ2v) is 9.21. The molecule has 2 aromatic rings. The molecule has 2 aromatic carbocycles. The maximum atomic E-state index is 13.3. The van der Waals surface area contributed by atoms with Crippen LogP contribution in [0.5, 0.6) is 0 Å². The van der Waals surface area contributed by atoms with Crippen LogP contribution in [0.4, 0.5) is 0 Å². The van der Waals surface area contributed by atoms with Crippen molar-refractivity contribution in [3.63, 3.8) is 0 Å². The number of nitrogens with zero attached hydrogens (tertiary/aromatic N) is 1. The van der Waals surface area contributed by atoms with Crippen molar-refractivity contribution < 1.29 is 9.59 Å². The van der Waals surface area contributed by atoms with Crippen molar-refractivity contribution in [3.05, 3.63) is 69.2 Å². The molecule has 32 heavy (non-hydrogen) atoms. The molecule has 0 saturated carbocycles. The second-order valence-electron chi connectivity index (χ2n) is 8.37. The summed E-state index contributed by atoms with van der Waals surface area (Å²) in [6, 6.07) is 13.1. The summed E-state index contributed by atoms with van der Waals surface area (Å²) in [4.78, 5) is 27.8. The van der Waals surface area contributed by atoms with E-state index >= 15 is 0 Å². The summed E-state index contributed by atoms with van der Waals surface area (Å²) in [6.07, 6.45) is 2.31. The first kappa shape index (κ1) is 26.2. The van der Waals surface area contributed by atoms with Crippen molar-refractivity contribution >= 4 is 35.0 Å². The Bertz CT molecular complexity index is 897. The van der Waals surface area contributed by atoms with Crippen molar-refractivity contribution in [2.75, 3.05) is 6.54 Å². The molecule has 0 bridgehead atoms. The number of nitrogens with one attached hydrogen (secondary N) is 1. The molecule has 0 aromatic heterocycles. The highest BCUT2D eigenvalue weighted by molar-refractivity contribution is 6.35. The largest absolute Gasteiger partial charge is 0.354 e. The number of aryl methyl sites for hydroxylation is 1. The van der Waals surface area contributed by atoms with Gasteiger partial charge in [-0.3, -0.25) is 9.59 Å². The molecule has 2 amide bonds. The first-order valence-corrected chi connectivity index (χ1v) is 12.1. The molecule has 0 spiro atoms. The number of benzene rings is 2. The van der Waals surface area contributed by atoms with Gasteiger partial charge in [-0.05, 0) is 54.0 Å². The lowest BCUT2D eigenvalue weighted by atomic mass is 10.00. The molecule has 0 aliphatic carbocycles. The number of amides is 2. The van der Waals surface area contributed by atoms with Crippen LogP contribution < -0.4 is 5.32 Å². The number of hydrogen-bond donors (Lipinski definition) is 1. The zero-order valence-corrected chi connectivity index (χ0v) is 21.0. The Kier molecular flexibility index (Phi) is 10.5. The molecule has 4 nitrogen and oxygen atoms in total. The SMILES string of the molecule is CCCNC(=O)[C@H](CC)N(Cc1ccc(Cl)cc1Cl)C(=O)CCc1ccc(C(C)C)cc1. The van der Waals surface area contributed by atoms with E-state index in [-0.39, 0.29) is 18.4 Å². The third-order valence-corrected chi connectivity index (χ3v) is 6.15. The molecule has 1 N–H and O–H groups in total. The van der Waals surface area contributed by atoms with Gasteiger partial charge >= 0.3 is 0 Å². The molecule has 0 aliphatic heterocycles. The topological polar surface area (TPSA) is 49.4 Å². The van der Waals surface area contributed by atoms with Gasteiger partial charge in [0.1, 0.15) is 6.04 Å². The molecule has 1 atom stereocenters. The van der Waals surface area contributed by atoms with Crippen LogP contribution in [0.2, 0.25) is 10.0 Å². The van der Waals surface area contributed by atoms with Crippen LogP contribution in [0.15, 0.2) is 42.5 Å². The van der Waals surface area contributed by atoms with Gasteiger partial charge in [0.05, 0.1) is 0 Å². The van der Waals surface area contributed by atoms with Gasteiger partial charge in [0.2, 0.25) is 11.8 Å². The summed E-state index contributed by atoms with van der Waals surface area (Å²) in [6.45, 7) is 9.09. The molecule has 0 fully saturated rings. The minimum Gasteiger partial charge on any atom is -0.354 e. The van der Waals surface area contributed by atoms with E-state index in [0.717, 1.165) is 17.5 Å². The van der Waals surface area contributed by atoms with Gasteiger partial charge in [0, 0.05) is 29.6 Å². The zero-order valence-electron chi connectivity index (χ0n) is 19.5. The lowest BCUT2D eigenvalue weighted by Crippen LogP contribution is -2.49. The highest BCUT2D eigenvalue weighted by Gasteiger charge is 2.28. The van der Waals surface area contributed by atoms with E-state index in [1.165, 1.54) is 5.56 Å². The van der Waals surface area contributed by atoms with E-state index in [0.29, 0.717) is 41.8 Å². The molecule has 6 heteroatoms. The first-order chi connectivity index (χ1) is 15.3. The summed E-state index contributed by atoms with van der Waals surface area (Å²) in [7, 11) is 0. The van der Waals surface area contributed by atoms with Crippen LogP contribution >= 0.6 is 23.2 Å². The Morgan fingerprint density at radius 3 is 2.28 bits per heavy atom. The van der Waals surface area contributed by atoms with E-state index in [4.69, 9.17) is 23.2 Å². The summed E-state index contributed by atoms with van der Waals surface area (Å²) >= 11 is 12.4. The Hall–Kier alpha value is -2.04. The Morgan fingerprint density at radius 1 is 1.03 bits per heavy atom. The first-order valence-electron chi connectivity index (χ1n) is 11.4. The van der Waals surface area contributed by atoms with Crippen molar-refractivity contribution in [2.24, 2.45) is 0 Å². The number of rotatable bonds is 11. The maximum absolute atomic E-state index is 13.3. The summed E-state index contributed by atoms with van der Waals surface area (Å²) in [5, 5.41) is 3.96. The quantitative estimate of drug-likeness (QED) is 0.408. The van der Waals surface area contributed by atoms with E-state index < -0.39 is 6.04 Å². The number of carbonyl (C=O) groups excluding carboxylic acids is 2. The van der Waals surface area contributed by atoms with Crippen molar-refractivity contribution in [1.29, 1.82) is 0 Å². The average molecular weight is 477 g/mol.